The van der Waals surface area contributed by atoms with Crippen LogP contribution in [0.15, 0.2) is 54.7 Å². The fourth-order valence-corrected chi connectivity index (χ4v) is 3.82. The second kappa shape index (κ2) is 7.04. The van der Waals surface area contributed by atoms with Crippen LogP contribution in [0.3, 0.4) is 0 Å². The molecule has 0 aliphatic carbocycles. The Morgan fingerprint density at radius 1 is 0.963 bits per heavy atom. The monoisotopic (exact) mass is 391 g/mol. The minimum absolute atomic E-state index is 0.481. The molecule has 0 N–H and O–H groups in total. The van der Waals surface area contributed by atoms with Gasteiger partial charge in [-0.15, -0.1) is 0 Å². The number of aromatic nitrogens is 1. The number of halogens is 4. The molecule has 0 saturated carbocycles. The van der Waals surface area contributed by atoms with Gasteiger partial charge in [0.1, 0.15) is 0 Å². The van der Waals surface area contributed by atoms with Crippen molar-refractivity contribution >= 4 is 28.2 Å². The van der Waals surface area contributed by atoms with Gasteiger partial charge in [-0.1, -0.05) is 23.7 Å². The minimum Gasteiger partial charge on any atom is -0.371 e. The van der Waals surface area contributed by atoms with E-state index in [0.29, 0.717) is 11.6 Å². The molecule has 4 rings (SSSR count). The molecule has 2 heterocycles. The van der Waals surface area contributed by atoms with Crippen LogP contribution < -0.4 is 9.47 Å². The van der Waals surface area contributed by atoms with E-state index in [1.54, 1.807) is 0 Å². The van der Waals surface area contributed by atoms with Gasteiger partial charge in [-0.05, 0) is 37.1 Å². The maximum Gasteiger partial charge on any atom is 0.416 e. The summed E-state index contributed by atoms with van der Waals surface area (Å²) >= 11 is 6.22. The molecular formula is C21H19ClF3N2+. The van der Waals surface area contributed by atoms with Gasteiger partial charge in [-0.3, -0.25) is 0 Å². The van der Waals surface area contributed by atoms with Crippen LogP contribution in [0.1, 0.15) is 24.0 Å². The molecule has 6 heteroatoms. The number of alkyl halides is 3. The fraction of sp³-hybridized carbons (Fsp3) is 0.286. The molecule has 27 heavy (non-hydrogen) atoms. The molecule has 0 unspecified atom stereocenters. The summed E-state index contributed by atoms with van der Waals surface area (Å²) in [5.74, 6) is 0. The number of fused-ring (bicyclic) bond motifs is 1. The average molecular weight is 392 g/mol. The van der Waals surface area contributed by atoms with E-state index in [0.717, 1.165) is 41.7 Å². The van der Waals surface area contributed by atoms with Gasteiger partial charge in [0, 0.05) is 35.8 Å². The lowest BCUT2D eigenvalue weighted by atomic mass is 10.1. The molecule has 1 aliphatic heterocycles. The number of nitrogens with zero attached hydrogens (tertiary/aromatic N) is 2. The van der Waals surface area contributed by atoms with Gasteiger partial charge >= 0.3 is 6.18 Å². The van der Waals surface area contributed by atoms with Gasteiger partial charge in [0.05, 0.1) is 16.6 Å². The zero-order valence-corrected chi connectivity index (χ0v) is 15.4. The van der Waals surface area contributed by atoms with Crippen molar-refractivity contribution < 1.29 is 17.7 Å². The van der Waals surface area contributed by atoms with E-state index in [4.69, 9.17) is 11.6 Å². The second-order valence-electron chi connectivity index (χ2n) is 6.88. The molecular weight excluding hydrogens is 373 g/mol. The Labute approximate surface area is 160 Å². The predicted octanol–water partition coefficient (Wildman–Crippen LogP) is 5.45. The molecule has 140 valence electrons. The van der Waals surface area contributed by atoms with Crippen molar-refractivity contribution in [2.75, 3.05) is 18.0 Å². The SMILES string of the molecule is FC(F)(F)c1ccc(C[n+]2ccc(N3CCCC3)c3ccc(Cl)cc32)cc1. The van der Waals surface area contributed by atoms with Crippen LogP contribution in [0.2, 0.25) is 5.02 Å². The summed E-state index contributed by atoms with van der Waals surface area (Å²) in [6.45, 7) is 2.57. The van der Waals surface area contributed by atoms with E-state index in [1.165, 1.54) is 30.7 Å². The summed E-state index contributed by atoms with van der Waals surface area (Å²) < 4.78 is 40.3. The first kappa shape index (κ1) is 18.1. The molecule has 0 radical (unpaired) electrons. The third-order valence-corrected chi connectivity index (χ3v) is 5.27. The highest BCUT2D eigenvalue weighted by Gasteiger charge is 2.30. The summed E-state index contributed by atoms with van der Waals surface area (Å²) in [5, 5.41) is 1.75. The lowest BCUT2D eigenvalue weighted by Crippen LogP contribution is -2.35. The van der Waals surface area contributed by atoms with Crippen molar-refractivity contribution in [1.82, 2.24) is 0 Å². The van der Waals surface area contributed by atoms with Crippen molar-refractivity contribution in [3.05, 3.63) is 70.9 Å². The Morgan fingerprint density at radius 3 is 2.33 bits per heavy atom. The Morgan fingerprint density at radius 2 is 1.67 bits per heavy atom. The van der Waals surface area contributed by atoms with E-state index in [9.17, 15) is 13.2 Å². The van der Waals surface area contributed by atoms with Crippen molar-refractivity contribution in [2.45, 2.75) is 25.6 Å². The first-order chi connectivity index (χ1) is 12.9. The molecule has 1 aliphatic rings. The summed E-state index contributed by atoms with van der Waals surface area (Å²) in [7, 11) is 0. The third kappa shape index (κ3) is 3.74. The molecule has 0 atom stereocenters. The van der Waals surface area contributed by atoms with Gasteiger partial charge in [0.2, 0.25) is 5.52 Å². The van der Waals surface area contributed by atoms with Crippen LogP contribution in [0.5, 0.6) is 0 Å². The zero-order valence-electron chi connectivity index (χ0n) is 14.6. The normalized spacial score (nSPS) is 14.9. The maximum atomic E-state index is 12.8. The molecule has 1 saturated heterocycles. The highest BCUT2D eigenvalue weighted by molar-refractivity contribution is 6.31. The molecule has 1 aromatic heterocycles. The van der Waals surface area contributed by atoms with Crippen LogP contribution in [0.4, 0.5) is 18.9 Å². The number of rotatable bonds is 3. The van der Waals surface area contributed by atoms with Crippen molar-refractivity contribution in [3.8, 4) is 0 Å². The summed E-state index contributed by atoms with van der Waals surface area (Å²) in [6, 6.07) is 13.2. The number of benzene rings is 2. The van der Waals surface area contributed by atoms with Crippen LogP contribution in [0, 0.1) is 0 Å². The maximum absolute atomic E-state index is 12.8. The van der Waals surface area contributed by atoms with Gasteiger partial charge in [-0.25, -0.2) is 0 Å². The number of hydrogen-bond acceptors (Lipinski definition) is 1. The first-order valence-corrected chi connectivity index (χ1v) is 9.32. The highest BCUT2D eigenvalue weighted by atomic mass is 35.5. The molecule has 0 bridgehead atoms. The number of hydrogen-bond donors (Lipinski definition) is 0. The Kier molecular flexibility index (Phi) is 4.72. The minimum atomic E-state index is -4.32. The molecule has 0 amide bonds. The average Bonchev–Trinajstić information content (AvgIpc) is 3.16. The third-order valence-electron chi connectivity index (χ3n) is 5.04. The lowest BCUT2D eigenvalue weighted by molar-refractivity contribution is -0.662. The van der Waals surface area contributed by atoms with Gasteiger partial charge in [0.25, 0.3) is 0 Å². The Hall–Kier alpha value is -2.27. The van der Waals surface area contributed by atoms with E-state index in [2.05, 4.69) is 11.0 Å². The molecule has 0 spiro atoms. The van der Waals surface area contributed by atoms with Gasteiger partial charge < -0.3 is 4.90 Å². The Bertz CT molecular complexity index is 962. The Balaban J connectivity index is 1.71. The van der Waals surface area contributed by atoms with Crippen molar-refractivity contribution in [2.24, 2.45) is 0 Å². The summed E-state index contributed by atoms with van der Waals surface area (Å²) in [5.41, 5.74) is 2.34. The topological polar surface area (TPSA) is 7.12 Å². The van der Waals surface area contributed by atoms with Gasteiger partial charge in [-0.2, -0.15) is 17.7 Å². The highest BCUT2D eigenvalue weighted by Crippen LogP contribution is 2.30. The second-order valence-corrected chi connectivity index (χ2v) is 7.32. The molecule has 2 nitrogen and oxygen atoms in total. The fourth-order valence-electron chi connectivity index (χ4n) is 3.66. The van der Waals surface area contributed by atoms with Crippen LogP contribution in [-0.2, 0) is 12.7 Å². The molecule has 2 aromatic carbocycles. The quantitative estimate of drug-likeness (QED) is 0.539. The lowest BCUT2D eigenvalue weighted by Gasteiger charge is -2.19. The summed E-state index contributed by atoms with van der Waals surface area (Å²) in [6.07, 6.45) is 0.0539. The van der Waals surface area contributed by atoms with Crippen LogP contribution in [-0.4, -0.2) is 13.1 Å². The first-order valence-electron chi connectivity index (χ1n) is 8.94. The smallest absolute Gasteiger partial charge is 0.371 e. The summed E-state index contributed by atoms with van der Waals surface area (Å²) in [4.78, 5) is 2.37. The zero-order chi connectivity index (χ0) is 19.0. The molecule has 3 aromatic rings. The number of anilines is 1. The van der Waals surface area contributed by atoms with E-state index >= 15 is 0 Å². The largest absolute Gasteiger partial charge is 0.416 e. The van der Waals surface area contributed by atoms with Crippen molar-refractivity contribution in [3.63, 3.8) is 0 Å². The predicted molar refractivity (Wildman–Crippen MR) is 101 cm³/mol. The van der Waals surface area contributed by atoms with E-state index in [-0.39, 0.29) is 0 Å². The van der Waals surface area contributed by atoms with Crippen LogP contribution >= 0.6 is 11.6 Å². The van der Waals surface area contributed by atoms with E-state index in [1.807, 2.05) is 29.0 Å². The van der Waals surface area contributed by atoms with Crippen molar-refractivity contribution in [1.29, 1.82) is 0 Å². The number of pyridine rings is 1. The van der Waals surface area contributed by atoms with Gasteiger partial charge in [0.15, 0.2) is 12.7 Å². The van der Waals surface area contributed by atoms with E-state index < -0.39 is 11.7 Å². The standard InChI is InChI=1S/C21H19ClF3N2/c22-17-7-8-18-19(26-10-1-2-11-26)9-12-27(20(18)13-17)14-15-3-5-16(6-4-15)21(23,24)25/h3-9,12-13H,1-2,10-11,14H2/q+1. The van der Waals surface area contributed by atoms with Crippen LogP contribution in [0.25, 0.3) is 10.9 Å². The molecule has 1 fully saturated rings.